The van der Waals surface area contributed by atoms with Crippen molar-refractivity contribution in [2.45, 2.75) is 13.0 Å². The molecule has 2 aromatic rings. The molecule has 0 spiro atoms. The molecule has 3 nitrogen and oxygen atoms in total. The highest BCUT2D eigenvalue weighted by Gasteiger charge is 2.37. The molecule has 0 saturated carbocycles. The lowest BCUT2D eigenvalue weighted by molar-refractivity contribution is -0.173. The van der Waals surface area contributed by atoms with E-state index in [1.807, 2.05) is 0 Å². The maximum atomic E-state index is 13.9. The number of thiocarbonyl (C=S) groups is 1. The third-order valence-corrected chi connectivity index (χ3v) is 3.67. The van der Waals surface area contributed by atoms with Crippen LogP contribution in [-0.2, 0) is 0 Å². The zero-order valence-electron chi connectivity index (χ0n) is 11.5. The largest absolute Gasteiger partial charge is 0.445 e. The fraction of sp³-hybridized carbons (Fsp3) is 0.133. The van der Waals surface area contributed by atoms with Crippen LogP contribution in [0.4, 0.5) is 13.2 Å². The van der Waals surface area contributed by atoms with E-state index in [0.29, 0.717) is 0 Å². The zero-order chi connectivity index (χ0) is 16.8. The van der Waals surface area contributed by atoms with E-state index >= 15 is 0 Å². The van der Waals surface area contributed by atoms with Gasteiger partial charge in [0.15, 0.2) is 11.5 Å². The van der Waals surface area contributed by atoms with Crippen molar-refractivity contribution in [1.82, 2.24) is 0 Å². The van der Waals surface area contributed by atoms with Gasteiger partial charge < -0.3 is 14.2 Å². The molecule has 1 aliphatic heterocycles. The second-order valence-electron chi connectivity index (χ2n) is 4.78. The Labute approximate surface area is 143 Å². The molecule has 0 amide bonds. The van der Waals surface area contributed by atoms with Crippen molar-refractivity contribution in [2.24, 2.45) is 0 Å². The summed E-state index contributed by atoms with van der Waals surface area (Å²) in [5, 5.41) is -0.394. The molecule has 1 unspecified atom stereocenters. The first-order chi connectivity index (χ1) is 10.7. The minimum atomic E-state index is -2.27. The Hall–Kier alpha value is -1.80. The molecule has 0 fully saturated rings. The molecule has 0 bridgehead atoms. The van der Waals surface area contributed by atoms with Crippen molar-refractivity contribution < 1.29 is 27.4 Å². The van der Waals surface area contributed by atoms with E-state index < -0.39 is 28.3 Å². The van der Waals surface area contributed by atoms with E-state index in [2.05, 4.69) is 15.9 Å². The Bertz CT molecular complexity index is 788. The van der Waals surface area contributed by atoms with Gasteiger partial charge in [-0.05, 0) is 36.5 Å². The molecule has 8 heteroatoms. The molecule has 0 N–H and O–H groups in total. The van der Waals surface area contributed by atoms with Crippen molar-refractivity contribution in [3.05, 3.63) is 52.0 Å². The van der Waals surface area contributed by atoms with Crippen molar-refractivity contribution in [3.8, 4) is 17.2 Å². The highest BCUT2D eigenvalue weighted by molar-refractivity contribution is 9.10. The summed E-state index contributed by atoms with van der Waals surface area (Å²) in [5.41, 5.74) is -0.462. The van der Waals surface area contributed by atoms with E-state index in [1.165, 1.54) is 18.2 Å². The van der Waals surface area contributed by atoms with Crippen LogP contribution in [0.2, 0.25) is 0 Å². The molecule has 2 aromatic carbocycles. The third-order valence-electron chi connectivity index (χ3n) is 2.92. The summed E-state index contributed by atoms with van der Waals surface area (Å²) >= 11 is 7.91. The third kappa shape index (κ3) is 3.28. The summed E-state index contributed by atoms with van der Waals surface area (Å²) in [5.74, 6) is -1.30. The minimum absolute atomic E-state index is 0.104. The number of alkyl halides is 1. The molecular weight excluding hydrogens is 397 g/mol. The van der Waals surface area contributed by atoms with Crippen LogP contribution in [0.15, 0.2) is 34.8 Å². The summed E-state index contributed by atoms with van der Waals surface area (Å²) < 4.78 is 56.6. The number of halogens is 4. The van der Waals surface area contributed by atoms with Crippen LogP contribution >= 0.6 is 28.1 Å². The number of hydrogen-bond acceptors (Lipinski definition) is 4. The van der Waals surface area contributed by atoms with Gasteiger partial charge in [0.2, 0.25) is 5.05 Å². The van der Waals surface area contributed by atoms with Crippen LogP contribution in [-0.4, -0.2) is 11.1 Å². The van der Waals surface area contributed by atoms with Gasteiger partial charge in [-0.25, -0.2) is 8.78 Å². The summed E-state index contributed by atoms with van der Waals surface area (Å²) in [6.45, 7) is 1.10. The van der Waals surface area contributed by atoms with Gasteiger partial charge in [-0.2, -0.15) is 4.39 Å². The molecule has 1 aliphatic rings. The van der Waals surface area contributed by atoms with E-state index in [4.69, 9.17) is 26.4 Å². The Morgan fingerprint density at radius 1 is 1.13 bits per heavy atom. The Balaban J connectivity index is 1.85. The predicted molar refractivity (Wildman–Crippen MR) is 83.6 cm³/mol. The topological polar surface area (TPSA) is 27.7 Å². The maximum Gasteiger partial charge on any atom is 0.404 e. The Morgan fingerprint density at radius 2 is 1.74 bits per heavy atom. The molecule has 1 heterocycles. The predicted octanol–water partition coefficient (Wildman–Crippen LogP) is 4.90. The van der Waals surface area contributed by atoms with Gasteiger partial charge >= 0.3 is 6.04 Å². The fourth-order valence-electron chi connectivity index (χ4n) is 2.02. The first-order valence-corrected chi connectivity index (χ1v) is 7.53. The standard InChI is InChI=1S/C15H8BrF3O3S/c1-15(19)21-11-3-2-8(6-12(11)22-15)20-14(23)13-9(17)4-7(16)5-10(13)18/h2-6H,1H3. The summed E-state index contributed by atoms with van der Waals surface area (Å²) in [6, 6.07) is 4.02. The molecule has 0 aliphatic carbocycles. The fourth-order valence-corrected chi connectivity index (χ4v) is 2.72. The van der Waals surface area contributed by atoms with Crippen molar-refractivity contribution in [2.75, 3.05) is 0 Å². The van der Waals surface area contributed by atoms with E-state index in [9.17, 15) is 13.2 Å². The van der Waals surface area contributed by atoms with Gasteiger partial charge in [0.05, 0.1) is 0 Å². The molecular formula is C15H8BrF3O3S. The van der Waals surface area contributed by atoms with Crippen molar-refractivity contribution in [3.63, 3.8) is 0 Å². The minimum Gasteiger partial charge on any atom is -0.445 e. The lowest BCUT2D eigenvalue weighted by Gasteiger charge is -2.10. The second kappa shape index (κ2) is 5.68. The van der Waals surface area contributed by atoms with Gasteiger partial charge in [0.25, 0.3) is 0 Å². The average Bonchev–Trinajstić information content (AvgIpc) is 2.70. The Morgan fingerprint density at radius 3 is 2.39 bits per heavy atom. The number of fused-ring (bicyclic) bond motifs is 1. The van der Waals surface area contributed by atoms with Gasteiger partial charge in [-0.3, -0.25) is 0 Å². The first kappa shape index (κ1) is 16.1. The monoisotopic (exact) mass is 404 g/mol. The maximum absolute atomic E-state index is 13.9. The van der Waals surface area contributed by atoms with Crippen LogP contribution in [0.3, 0.4) is 0 Å². The van der Waals surface area contributed by atoms with Crippen LogP contribution in [0.5, 0.6) is 17.2 Å². The highest BCUT2D eigenvalue weighted by Crippen LogP contribution is 2.42. The van der Waals surface area contributed by atoms with Crippen LogP contribution in [0.25, 0.3) is 0 Å². The molecule has 3 rings (SSSR count). The van der Waals surface area contributed by atoms with E-state index in [-0.39, 0.29) is 21.7 Å². The first-order valence-electron chi connectivity index (χ1n) is 6.33. The summed E-state index contributed by atoms with van der Waals surface area (Å²) in [6.07, 6.45) is 0. The molecule has 0 saturated heterocycles. The smallest absolute Gasteiger partial charge is 0.404 e. The van der Waals surface area contributed by atoms with E-state index in [0.717, 1.165) is 19.1 Å². The normalized spacial score (nSPS) is 18.8. The second-order valence-corrected chi connectivity index (χ2v) is 6.07. The molecule has 0 radical (unpaired) electrons. The van der Waals surface area contributed by atoms with Crippen molar-refractivity contribution >= 4 is 33.2 Å². The number of benzene rings is 2. The highest BCUT2D eigenvalue weighted by atomic mass is 79.9. The SMILES string of the molecule is CC1(F)Oc2ccc(OC(=S)c3c(F)cc(Br)cc3F)cc2O1. The molecule has 120 valence electrons. The summed E-state index contributed by atoms with van der Waals surface area (Å²) in [7, 11) is 0. The lowest BCUT2D eigenvalue weighted by atomic mass is 10.2. The van der Waals surface area contributed by atoms with Gasteiger partial charge in [0, 0.05) is 17.5 Å². The quantitative estimate of drug-likeness (QED) is 0.665. The average molecular weight is 405 g/mol. The van der Waals surface area contributed by atoms with Crippen molar-refractivity contribution in [1.29, 1.82) is 0 Å². The zero-order valence-corrected chi connectivity index (χ0v) is 13.9. The summed E-state index contributed by atoms with van der Waals surface area (Å²) in [4.78, 5) is 0. The van der Waals surface area contributed by atoms with E-state index in [1.54, 1.807) is 0 Å². The van der Waals surface area contributed by atoms with Crippen LogP contribution < -0.4 is 14.2 Å². The van der Waals surface area contributed by atoms with Crippen LogP contribution in [0.1, 0.15) is 12.5 Å². The number of ether oxygens (including phenoxy) is 3. The number of hydrogen-bond donors (Lipinski definition) is 0. The molecule has 1 atom stereocenters. The molecule has 0 aromatic heterocycles. The lowest BCUT2D eigenvalue weighted by Crippen LogP contribution is -2.27. The molecule has 23 heavy (non-hydrogen) atoms. The van der Waals surface area contributed by atoms with Gasteiger partial charge in [0.1, 0.15) is 22.9 Å². The van der Waals surface area contributed by atoms with Gasteiger partial charge in [-0.1, -0.05) is 15.9 Å². The number of rotatable bonds is 2. The Kier molecular flexibility index (Phi) is 3.97. The van der Waals surface area contributed by atoms with Crippen LogP contribution in [0, 0.1) is 11.6 Å². The van der Waals surface area contributed by atoms with Gasteiger partial charge in [-0.15, -0.1) is 0 Å².